The van der Waals surface area contributed by atoms with Gasteiger partial charge in [0.2, 0.25) is 5.91 Å². The Bertz CT molecular complexity index is 595. The summed E-state index contributed by atoms with van der Waals surface area (Å²) in [6, 6.07) is 5.63. The molecule has 0 unspecified atom stereocenters. The van der Waals surface area contributed by atoms with Gasteiger partial charge >= 0.3 is 5.97 Å². The minimum absolute atomic E-state index is 0.00500. The van der Waals surface area contributed by atoms with Crippen LogP contribution >= 0.6 is 0 Å². The highest BCUT2D eigenvalue weighted by atomic mass is 16.5. The summed E-state index contributed by atoms with van der Waals surface area (Å²) >= 11 is 0. The lowest BCUT2D eigenvalue weighted by Gasteiger charge is -2.41. The maximum absolute atomic E-state index is 12.1. The molecule has 2 rings (SSSR count). The number of nitrogens with one attached hydrogen (secondary N) is 1. The summed E-state index contributed by atoms with van der Waals surface area (Å²) in [5, 5.41) is 11.9. The maximum atomic E-state index is 12.1. The second kappa shape index (κ2) is 8.04. The van der Waals surface area contributed by atoms with Crippen molar-refractivity contribution in [2.45, 2.75) is 50.5 Å². The van der Waals surface area contributed by atoms with Crippen LogP contribution in [0, 0.1) is 0 Å². The molecule has 132 valence electrons. The monoisotopic (exact) mass is 335 g/mol. The molecular formula is C18H25NO5. The van der Waals surface area contributed by atoms with Gasteiger partial charge in [-0.2, -0.15) is 0 Å². The van der Waals surface area contributed by atoms with Crippen LogP contribution in [-0.2, 0) is 16.0 Å². The largest absolute Gasteiger partial charge is 0.497 e. The predicted molar refractivity (Wildman–Crippen MR) is 89.5 cm³/mol. The zero-order valence-electron chi connectivity index (χ0n) is 14.3. The smallest absolute Gasteiger partial charge is 0.305 e. The normalized spacial score (nSPS) is 15.2. The topological polar surface area (TPSA) is 84.9 Å². The summed E-state index contributed by atoms with van der Waals surface area (Å²) in [7, 11) is 3.21. The Morgan fingerprint density at radius 1 is 1.25 bits per heavy atom. The number of rotatable bonds is 9. The van der Waals surface area contributed by atoms with E-state index in [0.29, 0.717) is 19.3 Å². The fourth-order valence-electron chi connectivity index (χ4n) is 3.10. The molecule has 1 aliphatic rings. The first-order chi connectivity index (χ1) is 11.5. The van der Waals surface area contributed by atoms with Crippen LogP contribution in [0.4, 0.5) is 0 Å². The highest BCUT2D eigenvalue weighted by Gasteiger charge is 2.40. The van der Waals surface area contributed by atoms with Crippen LogP contribution in [0.15, 0.2) is 18.2 Å². The Kier molecular flexibility index (Phi) is 6.06. The lowest BCUT2D eigenvalue weighted by Crippen LogP contribution is -2.54. The molecule has 1 aromatic carbocycles. The van der Waals surface area contributed by atoms with Gasteiger partial charge in [0.1, 0.15) is 11.5 Å². The Morgan fingerprint density at radius 3 is 2.54 bits per heavy atom. The Hall–Kier alpha value is -2.24. The molecule has 0 spiro atoms. The fourth-order valence-corrected chi connectivity index (χ4v) is 3.10. The number of hydrogen-bond acceptors (Lipinski definition) is 4. The highest BCUT2D eigenvalue weighted by Crippen LogP contribution is 2.35. The van der Waals surface area contributed by atoms with Crippen LogP contribution < -0.4 is 14.8 Å². The fraction of sp³-hybridized carbons (Fsp3) is 0.556. The van der Waals surface area contributed by atoms with Gasteiger partial charge in [0, 0.05) is 12.5 Å². The van der Waals surface area contributed by atoms with Crippen LogP contribution in [0.5, 0.6) is 11.5 Å². The van der Waals surface area contributed by atoms with Gasteiger partial charge in [0.15, 0.2) is 0 Å². The average Bonchev–Trinajstić information content (AvgIpc) is 2.52. The predicted octanol–water partition coefficient (Wildman–Crippen LogP) is 2.54. The molecule has 24 heavy (non-hydrogen) atoms. The van der Waals surface area contributed by atoms with E-state index in [9.17, 15) is 9.59 Å². The minimum Gasteiger partial charge on any atom is -0.497 e. The van der Waals surface area contributed by atoms with Crippen molar-refractivity contribution in [2.24, 2.45) is 0 Å². The number of carboxylic acid groups (broad SMARTS) is 1. The first kappa shape index (κ1) is 18.1. The van der Waals surface area contributed by atoms with E-state index in [-0.39, 0.29) is 12.3 Å². The van der Waals surface area contributed by atoms with E-state index in [1.54, 1.807) is 14.2 Å². The van der Waals surface area contributed by atoms with Crippen molar-refractivity contribution in [1.29, 1.82) is 0 Å². The van der Waals surface area contributed by atoms with Crippen molar-refractivity contribution >= 4 is 11.9 Å². The molecule has 0 aromatic heterocycles. The first-order valence-corrected chi connectivity index (χ1v) is 8.22. The Labute approximate surface area is 142 Å². The number of hydrogen-bond donors (Lipinski definition) is 2. The Morgan fingerprint density at radius 2 is 2.00 bits per heavy atom. The zero-order chi connectivity index (χ0) is 17.6. The van der Waals surface area contributed by atoms with E-state index >= 15 is 0 Å². The average molecular weight is 335 g/mol. The molecule has 1 fully saturated rings. The van der Waals surface area contributed by atoms with Crippen molar-refractivity contribution in [3.05, 3.63) is 23.8 Å². The summed E-state index contributed by atoms with van der Waals surface area (Å²) in [4.78, 5) is 23.1. The standard InChI is InChI=1S/C18H25NO5/c1-23-14-8-7-13(15(11-14)24-2)5-3-6-16(20)19-18(9-4-10-18)12-17(21)22/h7-8,11H,3-6,9-10,12H2,1-2H3,(H,19,20)(H,21,22). The van der Waals surface area contributed by atoms with Gasteiger partial charge < -0.3 is 19.9 Å². The summed E-state index contributed by atoms with van der Waals surface area (Å²) in [5.74, 6) is 0.534. The van der Waals surface area contributed by atoms with Gasteiger partial charge in [-0.25, -0.2) is 0 Å². The van der Waals surface area contributed by atoms with Crippen LogP contribution in [0.25, 0.3) is 0 Å². The number of carboxylic acids is 1. The number of benzene rings is 1. The van der Waals surface area contributed by atoms with E-state index in [0.717, 1.165) is 36.3 Å². The number of aryl methyl sites for hydroxylation is 1. The highest BCUT2D eigenvalue weighted by molar-refractivity contribution is 5.78. The second-order valence-electron chi connectivity index (χ2n) is 6.28. The third-order valence-corrected chi connectivity index (χ3v) is 4.55. The van der Waals surface area contributed by atoms with E-state index in [1.165, 1.54) is 0 Å². The molecule has 0 heterocycles. The molecule has 0 radical (unpaired) electrons. The van der Waals surface area contributed by atoms with Gasteiger partial charge in [0.05, 0.1) is 26.2 Å². The number of ether oxygens (including phenoxy) is 2. The molecule has 1 aliphatic carbocycles. The summed E-state index contributed by atoms with van der Waals surface area (Å²) in [6.07, 6.45) is 4.23. The van der Waals surface area contributed by atoms with Gasteiger partial charge in [-0.1, -0.05) is 6.07 Å². The van der Waals surface area contributed by atoms with Crippen molar-refractivity contribution in [3.63, 3.8) is 0 Å². The third-order valence-electron chi connectivity index (χ3n) is 4.55. The molecule has 6 nitrogen and oxygen atoms in total. The van der Waals surface area contributed by atoms with Gasteiger partial charge in [-0.3, -0.25) is 9.59 Å². The quantitative estimate of drug-likeness (QED) is 0.724. The molecule has 0 atom stereocenters. The lowest BCUT2D eigenvalue weighted by molar-refractivity contribution is -0.140. The number of carbonyl (C=O) groups excluding carboxylic acids is 1. The molecule has 0 aliphatic heterocycles. The minimum atomic E-state index is -0.863. The summed E-state index contributed by atoms with van der Waals surface area (Å²) in [6.45, 7) is 0. The van der Waals surface area contributed by atoms with Crippen molar-refractivity contribution in [1.82, 2.24) is 5.32 Å². The van der Waals surface area contributed by atoms with Crippen LogP contribution in [0.1, 0.15) is 44.1 Å². The number of methoxy groups -OCH3 is 2. The van der Waals surface area contributed by atoms with Crippen LogP contribution in [0.3, 0.4) is 0 Å². The molecule has 1 amide bonds. The molecule has 0 bridgehead atoms. The first-order valence-electron chi connectivity index (χ1n) is 8.22. The van der Waals surface area contributed by atoms with Crippen molar-refractivity contribution < 1.29 is 24.2 Å². The van der Waals surface area contributed by atoms with E-state index < -0.39 is 11.5 Å². The van der Waals surface area contributed by atoms with E-state index in [4.69, 9.17) is 14.6 Å². The molecule has 1 aromatic rings. The maximum Gasteiger partial charge on any atom is 0.305 e. The zero-order valence-corrected chi connectivity index (χ0v) is 14.3. The van der Waals surface area contributed by atoms with Crippen molar-refractivity contribution in [2.75, 3.05) is 14.2 Å². The van der Waals surface area contributed by atoms with Crippen LogP contribution in [-0.4, -0.2) is 36.7 Å². The van der Waals surface area contributed by atoms with Gasteiger partial charge in [0.25, 0.3) is 0 Å². The number of aliphatic carboxylic acids is 1. The molecule has 0 saturated heterocycles. The van der Waals surface area contributed by atoms with Crippen molar-refractivity contribution in [3.8, 4) is 11.5 Å². The summed E-state index contributed by atoms with van der Waals surface area (Å²) < 4.78 is 10.5. The second-order valence-corrected chi connectivity index (χ2v) is 6.28. The molecule has 1 saturated carbocycles. The number of amides is 1. The molecule has 6 heteroatoms. The van der Waals surface area contributed by atoms with Crippen LogP contribution in [0.2, 0.25) is 0 Å². The molecule has 2 N–H and O–H groups in total. The summed E-state index contributed by atoms with van der Waals surface area (Å²) in [5.41, 5.74) is 0.496. The number of carbonyl (C=O) groups is 2. The lowest BCUT2D eigenvalue weighted by atomic mass is 9.74. The SMILES string of the molecule is COc1ccc(CCCC(=O)NC2(CC(=O)O)CCC2)c(OC)c1. The van der Waals surface area contributed by atoms with E-state index in [2.05, 4.69) is 5.32 Å². The Balaban J connectivity index is 1.83. The third kappa shape index (κ3) is 4.63. The van der Waals surface area contributed by atoms with E-state index in [1.807, 2.05) is 18.2 Å². The van der Waals surface area contributed by atoms with Gasteiger partial charge in [-0.05, 0) is 43.7 Å². The van der Waals surface area contributed by atoms with Gasteiger partial charge in [-0.15, -0.1) is 0 Å². The molecular weight excluding hydrogens is 310 g/mol.